The molecule has 0 aliphatic carbocycles. The number of ether oxygens (including phenoxy) is 4. The van der Waals surface area contributed by atoms with E-state index in [9.17, 15) is 9.59 Å². The summed E-state index contributed by atoms with van der Waals surface area (Å²) in [5, 5.41) is 0. The van der Waals surface area contributed by atoms with Crippen LogP contribution in [-0.2, 0) is 18.9 Å². The topological polar surface area (TPSA) is 71.1 Å². The highest BCUT2D eigenvalue weighted by molar-refractivity contribution is 5.62. The second-order valence-electron chi connectivity index (χ2n) is 4.07. The summed E-state index contributed by atoms with van der Waals surface area (Å²) in [4.78, 5) is 20.6. The fraction of sp³-hybridized carbons (Fsp3) is 0.385. The molecule has 0 amide bonds. The minimum Gasteiger partial charge on any atom is -0.430 e. The van der Waals surface area contributed by atoms with Gasteiger partial charge in [0.25, 0.3) is 0 Å². The van der Waals surface area contributed by atoms with Crippen molar-refractivity contribution in [1.82, 2.24) is 0 Å². The molecule has 102 valence electrons. The Hall–Kier alpha value is -2.24. The van der Waals surface area contributed by atoms with E-state index < -0.39 is 12.3 Å². The van der Waals surface area contributed by atoms with Crippen LogP contribution in [0.1, 0.15) is 18.6 Å². The number of hydrogen-bond donors (Lipinski definition) is 0. The Morgan fingerprint density at radius 1 is 0.947 bits per heavy atom. The van der Waals surface area contributed by atoms with E-state index in [0.29, 0.717) is 13.2 Å². The number of benzene rings is 1. The average molecular weight is 266 g/mol. The van der Waals surface area contributed by atoms with Gasteiger partial charge in [-0.2, -0.15) is 0 Å². The van der Waals surface area contributed by atoms with Gasteiger partial charge >= 0.3 is 12.3 Å². The van der Waals surface area contributed by atoms with E-state index in [4.69, 9.17) is 4.74 Å². The molecule has 6 nitrogen and oxygen atoms in total. The molecule has 0 saturated carbocycles. The van der Waals surface area contributed by atoms with Gasteiger partial charge in [0.1, 0.15) is 19.3 Å². The highest BCUT2D eigenvalue weighted by atomic mass is 16.8. The maximum Gasteiger partial charge on any atom is 0.509 e. The molecule has 2 saturated heterocycles. The van der Waals surface area contributed by atoms with Crippen molar-refractivity contribution in [3.63, 3.8) is 0 Å². The van der Waals surface area contributed by atoms with Crippen LogP contribution in [0.4, 0.5) is 9.59 Å². The molecule has 0 bridgehead atoms. The number of rotatable bonds is 1. The fourth-order valence-electron chi connectivity index (χ4n) is 1.58. The maximum absolute atomic E-state index is 10.6. The molecule has 19 heavy (non-hydrogen) atoms. The van der Waals surface area contributed by atoms with Gasteiger partial charge in [0, 0.05) is 0 Å². The molecule has 0 aromatic heterocycles. The van der Waals surface area contributed by atoms with Crippen molar-refractivity contribution in [2.24, 2.45) is 0 Å². The van der Waals surface area contributed by atoms with Gasteiger partial charge in [-0.3, -0.25) is 0 Å². The molecule has 2 aliphatic heterocycles. The van der Waals surface area contributed by atoms with Crippen LogP contribution in [0.25, 0.3) is 0 Å². The van der Waals surface area contributed by atoms with Crippen molar-refractivity contribution < 1.29 is 28.5 Å². The largest absolute Gasteiger partial charge is 0.509 e. The van der Waals surface area contributed by atoms with Gasteiger partial charge in [0.05, 0.1) is 0 Å². The van der Waals surface area contributed by atoms with Gasteiger partial charge in [0.15, 0.2) is 6.10 Å². The van der Waals surface area contributed by atoms with Crippen LogP contribution in [-0.4, -0.2) is 31.6 Å². The van der Waals surface area contributed by atoms with E-state index in [2.05, 4.69) is 14.2 Å². The minimum atomic E-state index is -0.580. The van der Waals surface area contributed by atoms with Crippen LogP contribution in [0, 0.1) is 0 Å². The smallest absolute Gasteiger partial charge is 0.430 e. The Balaban J connectivity index is 0.000000163. The molecule has 0 radical (unpaired) electrons. The van der Waals surface area contributed by atoms with Crippen molar-refractivity contribution in [3.05, 3.63) is 35.9 Å². The van der Waals surface area contributed by atoms with Gasteiger partial charge in [-0.25, -0.2) is 9.59 Å². The monoisotopic (exact) mass is 266 g/mol. The number of carbonyl (C=O) groups is 2. The molecule has 1 aromatic rings. The second kappa shape index (κ2) is 6.08. The second-order valence-corrected chi connectivity index (χ2v) is 4.07. The summed E-state index contributed by atoms with van der Waals surface area (Å²) in [6, 6.07) is 9.55. The molecule has 2 fully saturated rings. The highest BCUT2D eigenvalue weighted by Crippen LogP contribution is 2.22. The standard InChI is InChI=1S/C9H8O3.C4H6O3/c10-9-11-6-8(12-9)7-4-2-1-3-5-7;1-3-2-6-4(5)7-3/h1-5,8H,6H2;3H,2H2,1H3. The van der Waals surface area contributed by atoms with Gasteiger partial charge in [0.2, 0.25) is 0 Å². The third kappa shape index (κ3) is 3.87. The zero-order valence-electron chi connectivity index (χ0n) is 10.4. The Morgan fingerprint density at radius 2 is 1.58 bits per heavy atom. The van der Waals surface area contributed by atoms with Gasteiger partial charge in [-0.1, -0.05) is 30.3 Å². The summed E-state index contributed by atoms with van der Waals surface area (Å²) >= 11 is 0. The average Bonchev–Trinajstić information content (AvgIpc) is 3.00. The maximum atomic E-state index is 10.6. The van der Waals surface area contributed by atoms with Crippen molar-refractivity contribution >= 4 is 12.3 Å². The molecule has 1 aromatic carbocycles. The first-order valence-corrected chi connectivity index (χ1v) is 5.87. The lowest BCUT2D eigenvalue weighted by molar-refractivity contribution is 0.118. The summed E-state index contributed by atoms with van der Waals surface area (Å²) in [5.41, 5.74) is 0.975. The van der Waals surface area contributed by atoms with Crippen LogP contribution in [0.2, 0.25) is 0 Å². The van der Waals surface area contributed by atoms with Gasteiger partial charge in [-0.05, 0) is 12.5 Å². The molecular weight excluding hydrogens is 252 g/mol. The molecule has 2 unspecified atom stereocenters. The van der Waals surface area contributed by atoms with E-state index in [1.807, 2.05) is 30.3 Å². The zero-order chi connectivity index (χ0) is 13.7. The Bertz CT molecular complexity index is 444. The normalized spacial score (nSPS) is 24.5. The third-order valence-corrected chi connectivity index (χ3v) is 2.50. The Labute approximate surface area is 110 Å². The van der Waals surface area contributed by atoms with Crippen LogP contribution in [0.5, 0.6) is 0 Å². The van der Waals surface area contributed by atoms with Crippen LogP contribution >= 0.6 is 0 Å². The molecule has 0 spiro atoms. The molecule has 2 heterocycles. The number of carbonyl (C=O) groups excluding carboxylic acids is 2. The van der Waals surface area contributed by atoms with Crippen LogP contribution < -0.4 is 0 Å². The first kappa shape index (κ1) is 13.2. The SMILES string of the molecule is CC1COC(=O)O1.O=C1OCC(c2ccccc2)O1. The van der Waals surface area contributed by atoms with Crippen LogP contribution in [0.15, 0.2) is 30.3 Å². The number of hydrogen-bond acceptors (Lipinski definition) is 6. The first-order chi connectivity index (χ1) is 9.15. The lowest BCUT2D eigenvalue weighted by Crippen LogP contribution is -2.01. The summed E-state index contributed by atoms with van der Waals surface area (Å²) in [7, 11) is 0. The summed E-state index contributed by atoms with van der Waals surface area (Å²) in [5.74, 6) is 0. The van der Waals surface area contributed by atoms with Crippen molar-refractivity contribution in [2.75, 3.05) is 13.2 Å². The van der Waals surface area contributed by atoms with E-state index >= 15 is 0 Å². The molecular formula is C13H14O6. The lowest BCUT2D eigenvalue weighted by atomic mass is 10.1. The Kier molecular flexibility index (Phi) is 4.22. The van der Waals surface area contributed by atoms with E-state index in [-0.39, 0.29) is 12.2 Å². The molecule has 6 heteroatoms. The van der Waals surface area contributed by atoms with Crippen molar-refractivity contribution in [1.29, 1.82) is 0 Å². The quantitative estimate of drug-likeness (QED) is 0.727. The van der Waals surface area contributed by atoms with Gasteiger partial charge < -0.3 is 18.9 Å². The Morgan fingerprint density at radius 3 is 2.00 bits per heavy atom. The van der Waals surface area contributed by atoms with Gasteiger partial charge in [-0.15, -0.1) is 0 Å². The molecule has 3 rings (SSSR count). The predicted octanol–water partition coefficient (Wildman–Crippen LogP) is 2.44. The first-order valence-electron chi connectivity index (χ1n) is 5.87. The molecule has 2 atom stereocenters. The summed E-state index contributed by atoms with van der Waals surface area (Å²) < 4.78 is 18.4. The highest BCUT2D eigenvalue weighted by Gasteiger charge is 2.25. The van der Waals surface area contributed by atoms with E-state index in [1.165, 1.54) is 0 Å². The minimum absolute atomic E-state index is 0.0486. The number of cyclic esters (lactones) is 4. The molecule has 2 aliphatic rings. The van der Waals surface area contributed by atoms with E-state index in [0.717, 1.165) is 5.56 Å². The molecule has 0 N–H and O–H groups in total. The van der Waals surface area contributed by atoms with Crippen molar-refractivity contribution in [2.45, 2.75) is 19.1 Å². The summed E-state index contributed by atoms with van der Waals surface area (Å²) in [6.45, 7) is 2.51. The predicted molar refractivity (Wildman–Crippen MR) is 63.5 cm³/mol. The fourth-order valence-corrected chi connectivity index (χ4v) is 1.58. The zero-order valence-corrected chi connectivity index (χ0v) is 10.4. The van der Waals surface area contributed by atoms with E-state index in [1.54, 1.807) is 6.92 Å². The van der Waals surface area contributed by atoms with Crippen molar-refractivity contribution in [3.8, 4) is 0 Å². The lowest BCUT2D eigenvalue weighted by Gasteiger charge is -2.04. The van der Waals surface area contributed by atoms with Crippen LogP contribution in [0.3, 0.4) is 0 Å². The summed E-state index contributed by atoms with van der Waals surface area (Å²) in [6.07, 6.45) is -1.40. The third-order valence-electron chi connectivity index (χ3n) is 2.50.